The van der Waals surface area contributed by atoms with Crippen LogP contribution in [0.3, 0.4) is 0 Å². The molecule has 0 bridgehead atoms. The number of benzene rings is 2. The van der Waals surface area contributed by atoms with Gasteiger partial charge in [0, 0.05) is 48.3 Å². The van der Waals surface area contributed by atoms with E-state index in [1.807, 2.05) is 22.2 Å². The van der Waals surface area contributed by atoms with E-state index in [1.165, 1.54) is 30.2 Å². The van der Waals surface area contributed by atoms with Crippen LogP contribution in [-0.4, -0.2) is 68.2 Å². The van der Waals surface area contributed by atoms with E-state index in [0.717, 1.165) is 18.9 Å². The lowest BCUT2D eigenvalue weighted by Gasteiger charge is -2.33. The summed E-state index contributed by atoms with van der Waals surface area (Å²) in [6.07, 6.45) is -3.74. The van der Waals surface area contributed by atoms with Gasteiger partial charge in [-0.3, -0.25) is 9.59 Å². The number of methoxy groups -OCH3 is 1. The van der Waals surface area contributed by atoms with Gasteiger partial charge in [-0.05, 0) is 67.6 Å². The number of imidazole rings is 1. The van der Waals surface area contributed by atoms with Crippen LogP contribution in [0.2, 0.25) is 0 Å². The van der Waals surface area contributed by atoms with E-state index in [1.54, 1.807) is 18.2 Å². The third-order valence-corrected chi connectivity index (χ3v) is 9.12. The number of aryl methyl sites for hydroxylation is 1. The highest BCUT2D eigenvalue weighted by Gasteiger charge is 2.35. The van der Waals surface area contributed by atoms with Crippen molar-refractivity contribution in [2.24, 2.45) is 24.4 Å². The number of fused-ring (bicyclic) bond motifs is 2. The molecule has 4 heterocycles. The van der Waals surface area contributed by atoms with Crippen LogP contribution in [0, 0.1) is 5.92 Å². The maximum absolute atomic E-state index is 14.3. The van der Waals surface area contributed by atoms with E-state index < -0.39 is 29.9 Å². The monoisotopic (exact) mass is 663 g/mol. The number of halogens is 4. The molecule has 3 aromatic heterocycles. The van der Waals surface area contributed by atoms with Gasteiger partial charge in [-0.2, -0.15) is 13.2 Å². The number of hydrogen-bond donors (Lipinski definition) is 2. The van der Waals surface area contributed by atoms with Gasteiger partial charge in [-0.25, -0.2) is 14.4 Å². The zero-order valence-corrected chi connectivity index (χ0v) is 26.2. The maximum Gasteiger partial charge on any atom is 0.417 e. The molecule has 1 saturated carbocycles. The second-order valence-corrected chi connectivity index (χ2v) is 12.7. The molecule has 1 aliphatic heterocycles. The number of likely N-dealkylation sites (tertiary alicyclic amines) is 1. The molecule has 0 unspecified atom stereocenters. The molecule has 2 amide bonds. The zero-order valence-electron chi connectivity index (χ0n) is 26.2. The van der Waals surface area contributed by atoms with E-state index in [9.17, 15) is 27.2 Å². The molecule has 0 spiro atoms. The predicted octanol–water partition coefficient (Wildman–Crippen LogP) is 5.30. The summed E-state index contributed by atoms with van der Waals surface area (Å²) in [5.74, 6) is -0.0210. The van der Waals surface area contributed by atoms with Crippen molar-refractivity contribution in [3.8, 4) is 28.5 Å². The largest absolute Gasteiger partial charge is 0.494 e. The Bertz CT molecular complexity index is 2090. The van der Waals surface area contributed by atoms with Gasteiger partial charge in [-0.1, -0.05) is 6.07 Å². The highest BCUT2D eigenvalue weighted by atomic mass is 19.4. The number of nitrogens with zero attached hydrogens (tertiary/aromatic N) is 5. The van der Waals surface area contributed by atoms with E-state index >= 15 is 0 Å². The Morgan fingerprint density at radius 1 is 1.02 bits per heavy atom. The smallest absolute Gasteiger partial charge is 0.417 e. The normalized spacial score (nSPS) is 18.5. The first-order valence-corrected chi connectivity index (χ1v) is 15.6. The molecule has 1 saturated heterocycles. The number of carbonyl (C=O) groups is 2. The lowest BCUT2D eigenvalue weighted by Crippen LogP contribution is -2.50. The first-order valence-electron chi connectivity index (χ1n) is 15.6. The number of pyridine rings is 1. The summed E-state index contributed by atoms with van der Waals surface area (Å²) >= 11 is 0. The number of alkyl halides is 4. The van der Waals surface area contributed by atoms with E-state index in [-0.39, 0.29) is 47.8 Å². The number of aromatic nitrogens is 4. The van der Waals surface area contributed by atoms with Crippen LogP contribution >= 0.6 is 0 Å². The summed E-state index contributed by atoms with van der Waals surface area (Å²) in [7, 11) is 3.31. The standard InChI is InChI=1S/C34H33F4N7O3/c1-43-29-26(10-20(12-28(29)48-2)33(47)44-15-21(35)13-22(39)16-44)42-32(43)27-11-19-6-8-25(41-31(19)45(27)14-17-3-4-17)23-7-5-18(30(40)46)9-24(23)34(36,37)38/h5-12,17,21-22H,3-4,13-16,39H2,1-2H3,(H2,40,46)/t21-,22-/m1/s1. The fraction of sp³-hybridized carbons (Fsp3) is 0.353. The molecule has 2 aromatic carbocycles. The Labute approximate surface area is 272 Å². The number of rotatable bonds is 7. The second kappa shape index (κ2) is 11.6. The second-order valence-electron chi connectivity index (χ2n) is 12.7. The van der Waals surface area contributed by atoms with Gasteiger partial charge in [0.05, 0.1) is 36.1 Å². The number of piperidine rings is 1. The van der Waals surface area contributed by atoms with Crippen molar-refractivity contribution < 1.29 is 31.9 Å². The summed E-state index contributed by atoms with van der Waals surface area (Å²) in [4.78, 5) is 36.2. The SMILES string of the molecule is COc1cc(C(=O)N2C[C@H](N)C[C@@H](F)C2)cc2nc(-c3cc4ccc(-c5ccc(C(N)=O)cc5C(F)(F)F)nc4n3CC3CC3)n(C)c12. The molecule has 7 rings (SSSR count). The molecular weight excluding hydrogens is 630 g/mol. The lowest BCUT2D eigenvalue weighted by molar-refractivity contribution is -0.137. The van der Waals surface area contributed by atoms with Crippen LogP contribution in [0.5, 0.6) is 5.75 Å². The van der Waals surface area contributed by atoms with Crippen molar-refractivity contribution in [2.75, 3.05) is 20.2 Å². The van der Waals surface area contributed by atoms with Gasteiger partial charge in [0.2, 0.25) is 5.91 Å². The van der Waals surface area contributed by atoms with Crippen molar-refractivity contribution in [1.29, 1.82) is 0 Å². The third-order valence-electron chi connectivity index (χ3n) is 9.12. The number of hydrogen-bond acceptors (Lipinski definition) is 6. The topological polar surface area (TPSA) is 134 Å². The zero-order chi connectivity index (χ0) is 34.1. The van der Waals surface area contributed by atoms with Crippen LogP contribution in [0.4, 0.5) is 17.6 Å². The Morgan fingerprint density at radius 3 is 2.46 bits per heavy atom. The average molecular weight is 664 g/mol. The quantitative estimate of drug-likeness (QED) is 0.227. The van der Waals surface area contributed by atoms with Crippen molar-refractivity contribution >= 4 is 33.9 Å². The van der Waals surface area contributed by atoms with Gasteiger partial charge in [0.25, 0.3) is 5.91 Å². The molecule has 2 aliphatic rings. The predicted molar refractivity (Wildman–Crippen MR) is 171 cm³/mol. The highest BCUT2D eigenvalue weighted by Crippen LogP contribution is 2.40. The Hall–Kier alpha value is -4.98. The van der Waals surface area contributed by atoms with Crippen LogP contribution < -0.4 is 16.2 Å². The van der Waals surface area contributed by atoms with Crippen molar-refractivity contribution in [3.63, 3.8) is 0 Å². The van der Waals surface area contributed by atoms with Crippen molar-refractivity contribution in [3.05, 3.63) is 65.2 Å². The van der Waals surface area contributed by atoms with Gasteiger partial charge >= 0.3 is 6.18 Å². The van der Waals surface area contributed by atoms with Crippen LogP contribution in [0.1, 0.15) is 45.5 Å². The number of amides is 2. The summed E-state index contributed by atoms with van der Waals surface area (Å²) in [5, 5.41) is 0.703. The van der Waals surface area contributed by atoms with E-state index in [2.05, 4.69) is 0 Å². The van der Waals surface area contributed by atoms with Crippen LogP contribution in [0.15, 0.2) is 48.5 Å². The van der Waals surface area contributed by atoms with Crippen LogP contribution in [0.25, 0.3) is 44.8 Å². The molecule has 2 atom stereocenters. The molecule has 5 aromatic rings. The minimum atomic E-state index is -4.75. The summed E-state index contributed by atoms with van der Waals surface area (Å²) < 4.78 is 66.2. The lowest BCUT2D eigenvalue weighted by atomic mass is 10.00. The molecule has 1 aliphatic carbocycles. The van der Waals surface area contributed by atoms with Gasteiger partial charge in [0.1, 0.15) is 23.1 Å². The van der Waals surface area contributed by atoms with Crippen LogP contribution in [-0.2, 0) is 19.8 Å². The number of primary amides is 1. The number of carbonyl (C=O) groups excluding carboxylic acids is 2. The van der Waals surface area contributed by atoms with Gasteiger partial charge in [0.15, 0.2) is 5.82 Å². The average Bonchev–Trinajstić information content (AvgIpc) is 3.71. The number of nitrogens with two attached hydrogens (primary N) is 2. The minimum Gasteiger partial charge on any atom is -0.494 e. The fourth-order valence-corrected chi connectivity index (χ4v) is 6.60. The first-order chi connectivity index (χ1) is 22.8. The molecule has 48 heavy (non-hydrogen) atoms. The summed E-state index contributed by atoms with van der Waals surface area (Å²) in [6, 6.07) is 11.2. The van der Waals surface area contributed by atoms with Gasteiger partial charge in [-0.15, -0.1) is 0 Å². The molecule has 14 heteroatoms. The third kappa shape index (κ3) is 5.63. The maximum atomic E-state index is 14.3. The minimum absolute atomic E-state index is 0.0453. The van der Waals surface area contributed by atoms with Gasteiger partial charge < -0.3 is 30.2 Å². The molecule has 0 radical (unpaired) electrons. The van der Waals surface area contributed by atoms with E-state index in [4.69, 9.17) is 26.2 Å². The summed E-state index contributed by atoms with van der Waals surface area (Å²) in [6.45, 7) is 0.769. The first kappa shape index (κ1) is 31.6. The Balaban J connectivity index is 1.35. The fourth-order valence-electron chi connectivity index (χ4n) is 6.60. The van der Waals surface area contributed by atoms with Crippen molar-refractivity contribution in [2.45, 2.75) is 44.2 Å². The highest BCUT2D eigenvalue weighted by molar-refractivity contribution is 6.00. The Kier molecular flexibility index (Phi) is 7.65. The molecule has 10 nitrogen and oxygen atoms in total. The number of ether oxygens (including phenoxy) is 1. The summed E-state index contributed by atoms with van der Waals surface area (Å²) in [5.41, 5.74) is 12.5. The Morgan fingerprint density at radius 2 is 1.79 bits per heavy atom. The molecular formula is C34H33F4N7O3. The molecule has 4 N–H and O–H groups in total. The molecule has 250 valence electrons. The molecule has 2 fully saturated rings. The van der Waals surface area contributed by atoms with Crippen molar-refractivity contribution in [1.82, 2.24) is 24.0 Å². The van der Waals surface area contributed by atoms with E-state index in [0.29, 0.717) is 51.8 Å².